The Morgan fingerprint density at radius 3 is 2.26 bits per heavy atom. The van der Waals surface area contributed by atoms with Gasteiger partial charge in [0.1, 0.15) is 6.04 Å². The first-order chi connectivity index (χ1) is 10.9. The Labute approximate surface area is 139 Å². The number of nitrogens with two attached hydrogens (primary N) is 1. The van der Waals surface area contributed by atoms with E-state index in [1.54, 1.807) is 0 Å². The molecule has 5 nitrogen and oxygen atoms in total. The fourth-order valence-electron chi connectivity index (χ4n) is 2.40. The second-order valence-electron chi connectivity index (χ2n) is 6.01. The van der Waals surface area contributed by atoms with Gasteiger partial charge in [-0.15, -0.1) is 0 Å². The minimum Gasteiger partial charge on any atom is -0.490 e. The van der Waals surface area contributed by atoms with Crippen LogP contribution in [0.3, 0.4) is 0 Å². The molecule has 0 heterocycles. The summed E-state index contributed by atoms with van der Waals surface area (Å²) in [6, 6.07) is 6.13. The second-order valence-corrected chi connectivity index (χ2v) is 6.01. The van der Waals surface area contributed by atoms with E-state index < -0.39 is 0 Å². The summed E-state index contributed by atoms with van der Waals surface area (Å²) in [7, 11) is 0. The molecule has 0 aliphatic rings. The molecule has 0 spiro atoms. The first kappa shape index (κ1) is 19.3. The zero-order valence-corrected chi connectivity index (χ0v) is 15.2. The summed E-state index contributed by atoms with van der Waals surface area (Å²) < 4.78 is 11.3. The van der Waals surface area contributed by atoms with Crippen molar-refractivity contribution >= 4 is 5.91 Å². The highest BCUT2D eigenvalue weighted by molar-refractivity contribution is 5.80. The summed E-state index contributed by atoms with van der Waals surface area (Å²) >= 11 is 0. The van der Waals surface area contributed by atoms with Crippen LogP contribution in [0.25, 0.3) is 0 Å². The van der Waals surface area contributed by atoms with Gasteiger partial charge in [-0.05, 0) is 59.7 Å². The molecule has 0 aromatic heterocycles. The summed E-state index contributed by atoms with van der Waals surface area (Å²) in [5.41, 5.74) is 1.11. The van der Waals surface area contributed by atoms with Gasteiger partial charge in [0.2, 0.25) is 0 Å². The van der Waals surface area contributed by atoms with Crippen LogP contribution in [0, 0.1) is 0 Å². The molecule has 0 saturated carbocycles. The molecule has 0 radical (unpaired) electrons. The number of nitrogens with one attached hydrogen (secondary N) is 1. The number of ether oxygens (including phenoxy) is 2. The molecule has 1 aromatic rings. The van der Waals surface area contributed by atoms with Crippen LogP contribution in [-0.4, -0.2) is 31.2 Å². The zero-order valence-electron chi connectivity index (χ0n) is 15.2. The van der Waals surface area contributed by atoms with Gasteiger partial charge in [-0.25, -0.2) is 0 Å². The fraction of sp³-hybridized carbons (Fsp3) is 0.611. The maximum atomic E-state index is 12.0. The quantitative estimate of drug-likeness (QED) is 0.731. The third-order valence-electron chi connectivity index (χ3n) is 3.52. The van der Waals surface area contributed by atoms with E-state index in [1.165, 1.54) is 0 Å². The number of amides is 1. The number of rotatable bonds is 9. The van der Waals surface area contributed by atoms with Crippen LogP contribution in [0.15, 0.2) is 18.2 Å². The van der Waals surface area contributed by atoms with Gasteiger partial charge >= 0.3 is 0 Å². The van der Waals surface area contributed by atoms with E-state index in [9.17, 15) is 4.79 Å². The molecule has 1 aromatic carbocycles. The molecule has 0 unspecified atom stereocenters. The summed E-state index contributed by atoms with van der Waals surface area (Å²) in [4.78, 5) is 12.0. The molecule has 0 saturated heterocycles. The number of carbonyl (C=O) groups excluding carboxylic acids is 1. The molecule has 3 N–H and O–H groups in total. The van der Waals surface area contributed by atoms with Crippen LogP contribution in [0.2, 0.25) is 0 Å². The molecule has 1 rings (SSSR count). The summed E-state index contributed by atoms with van der Waals surface area (Å²) in [6.45, 7) is 13.0. The van der Waals surface area contributed by atoms with Crippen LogP contribution in [-0.2, 0) is 4.79 Å². The van der Waals surface area contributed by atoms with Crippen LogP contribution in [0.4, 0.5) is 0 Å². The maximum absolute atomic E-state index is 12.0. The van der Waals surface area contributed by atoms with Gasteiger partial charge in [0.15, 0.2) is 17.5 Å². The van der Waals surface area contributed by atoms with Crippen LogP contribution >= 0.6 is 0 Å². The first-order valence-corrected chi connectivity index (χ1v) is 8.43. The molecule has 130 valence electrons. The highest BCUT2D eigenvalue weighted by atomic mass is 16.5. The maximum Gasteiger partial charge on any atom is 0.278 e. The topological polar surface area (TPSA) is 64.2 Å². The molecule has 1 amide bonds. The van der Waals surface area contributed by atoms with Crippen molar-refractivity contribution in [2.24, 2.45) is 0 Å². The van der Waals surface area contributed by atoms with Crippen molar-refractivity contribution in [3.63, 3.8) is 0 Å². The molecule has 0 aliphatic heterocycles. The lowest BCUT2D eigenvalue weighted by molar-refractivity contribution is -0.710. The molecule has 2 atom stereocenters. The minimum atomic E-state index is -0.144. The lowest BCUT2D eigenvalue weighted by Crippen LogP contribution is -2.92. The van der Waals surface area contributed by atoms with E-state index in [0.29, 0.717) is 13.2 Å². The van der Waals surface area contributed by atoms with Crippen molar-refractivity contribution in [2.75, 3.05) is 13.2 Å². The number of benzene rings is 1. The Hall–Kier alpha value is -1.75. The number of hydrogen-bond acceptors (Lipinski definition) is 3. The summed E-state index contributed by atoms with van der Waals surface area (Å²) in [5.74, 6) is 1.57. The summed E-state index contributed by atoms with van der Waals surface area (Å²) in [5, 5.41) is 5.00. The lowest BCUT2D eigenvalue weighted by Gasteiger charge is -2.19. The van der Waals surface area contributed by atoms with Gasteiger partial charge < -0.3 is 20.1 Å². The highest BCUT2D eigenvalue weighted by Crippen LogP contribution is 2.30. The van der Waals surface area contributed by atoms with Crippen molar-refractivity contribution in [3.8, 4) is 11.5 Å². The van der Waals surface area contributed by atoms with E-state index in [1.807, 2.05) is 52.8 Å². The van der Waals surface area contributed by atoms with Gasteiger partial charge in [-0.3, -0.25) is 4.79 Å². The molecule has 5 heteroatoms. The lowest BCUT2D eigenvalue weighted by atomic mass is 10.1. The zero-order chi connectivity index (χ0) is 17.4. The predicted octanol–water partition coefficient (Wildman–Crippen LogP) is 2.02. The van der Waals surface area contributed by atoms with Gasteiger partial charge in [0, 0.05) is 11.6 Å². The Morgan fingerprint density at radius 2 is 1.70 bits per heavy atom. The number of hydrogen-bond donors (Lipinski definition) is 2. The Morgan fingerprint density at radius 1 is 1.09 bits per heavy atom. The Kier molecular flexibility index (Phi) is 7.89. The largest absolute Gasteiger partial charge is 0.490 e. The molecular weight excluding hydrogens is 292 g/mol. The average Bonchev–Trinajstić information content (AvgIpc) is 2.48. The fourth-order valence-corrected chi connectivity index (χ4v) is 2.40. The third-order valence-corrected chi connectivity index (χ3v) is 3.52. The monoisotopic (exact) mass is 323 g/mol. The highest BCUT2D eigenvalue weighted by Gasteiger charge is 2.21. The molecule has 23 heavy (non-hydrogen) atoms. The van der Waals surface area contributed by atoms with Crippen molar-refractivity contribution < 1.29 is 19.6 Å². The predicted molar refractivity (Wildman–Crippen MR) is 91.9 cm³/mol. The second kappa shape index (κ2) is 9.40. The molecule has 0 aliphatic carbocycles. The standard InChI is InChI=1S/C18H30N2O3/c1-7-22-16-10-9-15(11-17(16)23-8-2)13(5)20-14(6)18(21)19-12(3)4/h9-14,20H,7-8H2,1-6H3,(H,19,21)/p+1/t13-,14+/m1/s1. The van der Waals surface area contributed by atoms with E-state index in [2.05, 4.69) is 17.6 Å². The molecule has 0 fully saturated rings. The molecule has 0 bridgehead atoms. The van der Waals surface area contributed by atoms with Crippen molar-refractivity contribution in [1.29, 1.82) is 0 Å². The van der Waals surface area contributed by atoms with E-state index in [-0.39, 0.29) is 24.0 Å². The Bertz CT molecular complexity index is 503. The third kappa shape index (κ3) is 6.10. The number of quaternary nitrogens is 1. The molecular formula is C18H31N2O3+. The van der Waals surface area contributed by atoms with Crippen LogP contribution in [0.5, 0.6) is 11.5 Å². The van der Waals surface area contributed by atoms with E-state index >= 15 is 0 Å². The van der Waals surface area contributed by atoms with Crippen molar-refractivity contribution in [3.05, 3.63) is 23.8 Å². The first-order valence-electron chi connectivity index (χ1n) is 8.43. The van der Waals surface area contributed by atoms with Crippen LogP contribution < -0.4 is 20.1 Å². The van der Waals surface area contributed by atoms with Gasteiger partial charge in [-0.2, -0.15) is 0 Å². The van der Waals surface area contributed by atoms with E-state index in [0.717, 1.165) is 17.1 Å². The van der Waals surface area contributed by atoms with Gasteiger partial charge in [-0.1, -0.05) is 0 Å². The van der Waals surface area contributed by atoms with Crippen molar-refractivity contribution in [2.45, 2.75) is 59.7 Å². The normalized spacial score (nSPS) is 13.5. The van der Waals surface area contributed by atoms with Gasteiger partial charge in [0.05, 0.1) is 13.2 Å². The summed E-state index contributed by atoms with van der Waals surface area (Å²) in [6.07, 6.45) is 0. The van der Waals surface area contributed by atoms with Crippen LogP contribution in [0.1, 0.15) is 53.1 Å². The number of carbonyl (C=O) groups is 1. The average molecular weight is 323 g/mol. The Balaban J connectivity index is 2.80. The minimum absolute atomic E-state index is 0.0582. The van der Waals surface area contributed by atoms with Crippen molar-refractivity contribution in [1.82, 2.24) is 5.32 Å². The van der Waals surface area contributed by atoms with E-state index in [4.69, 9.17) is 9.47 Å². The SMILES string of the molecule is CCOc1ccc([C@@H](C)[NH2+][C@@H](C)C(=O)NC(C)C)cc1OCC. The van der Waals surface area contributed by atoms with Gasteiger partial charge in [0.25, 0.3) is 5.91 Å². The smallest absolute Gasteiger partial charge is 0.278 e.